The maximum atomic E-state index is 14.9. The standard InChI is InChI=1S/C40H45N3O7/c1-4-7-17-33(45)41-24-32(27-14-9-8-10-15-27)49-39(48)34-31-20-21-40(50-31)35(34)37(46)43(29(6-3)25-44)36(40)38(47)42(22-5-2)30-19-18-26-13-11-12-16-28(26)23-30/h4-5,8-16,18-19,23,29,31-32,34-36,44H,1-2,6-7,17,20-22,24-25H2,3H3,(H,41,45)/t29-,31+,32+,34-,35-,36+,40-/m0/s1. The minimum Gasteiger partial charge on any atom is -0.455 e. The normalized spacial score (nSPS) is 24.8. The molecule has 1 spiro atoms. The van der Waals surface area contributed by atoms with Gasteiger partial charge < -0.3 is 29.7 Å². The largest absolute Gasteiger partial charge is 0.455 e. The monoisotopic (exact) mass is 679 g/mol. The van der Waals surface area contributed by atoms with Crippen molar-refractivity contribution in [1.82, 2.24) is 10.2 Å². The highest BCUT2D eigenvalue weighted by molar-refractivity contribution is 6.05. The van der Waals surface area contributed by atoms with Crippen LogP contribution in [0.5, 0.6) is 0 Å². The summed E-state index contributed by atoms with van der Waals surface area (Å²) in [6.45, 7) is 9.29. The number of carbonyl (C=O) groups is 4. The van der Waals surface area contributed by atoms with Gasteiger partial charge in [-0.15, -0.1) is 13.2 Å². The number of allylic oxidation sites excluding steroid dienone is 1. The van der Waals surface area contributed by atoms with Gasteiger partial charge in [0.15, 0.2) is 0 Å². The van der Waals surface area contributed by atoms with Gasteiger partial charge in [-0.3, -0.25) is 19.2 Å². The van der Waals surface area contributed by atoms with E-state index in [4.69, 9.17) is 9.47 Å². The van der Waals surface area contributed by atoms with E-state index in [2.05, 4.69) is 18.5 Å². The molecule has 10 nitrogen and oxygen atoms in total. The van der Waals surface area contributed by atoms with E-state index in [1.54, 1.807) is 17.1 Å². The lowest BCUT2D eigenvalue weighted by molar-refractivity contribution is -0.161. The van der Waals surface area contributed by atoms with Crippen LogP contribution in [0.25, 0.3) is 10.8 Å². The number of anilines is 1. The van der Waals surface area contributed by atoms with E-state index in [-0.39, 0.29) is 37.9 Å². The topological polar surface area (TPSA) is 125 Å². The molecule has 3 aromatic rings. The van der Waals surface area contributed by atoms with Crippen LogP contribution >= 0.6 is 0 Å². The molecule has 6 rings (SSSR count). The maximum absolute atomic E-state index is 14.9. The highest BCUT2D eigenvalue weighted by Gasteiger charge is 2.75. The van der Waals surface area contributed by atoms with Crippen molar-refractivity contribution in [3.8, 4) is 0 Å². The fourth-order valence-corrected chi connectivity index (χ4v) is 8.03. The number of esters is 1. The van der Waals surface area contributed by atoms with Gasteiger partial charge in [0.2, 0.25) is 11.8 Å². The average molecular weight is 680 g/mol. The van der Waals surface area contributed by atoms with Crippen molar-refractivity contribution in [1.29, 1.82) is 0 Å². The number of hydrogen-bond donors (Lipinski definition) is 2. The van der Waals surface area contributed by atoms with Crippen LogP contribution in [-0.4, -0.2) is 77.2 Å². The second-order valence-corrected chi connectivity index (χ2v) is 13.3. The van der Waals surface area contributed by atoms with Crippen LogP contribution in [0.4, 0.5) is 5.69 Å². The number of carbonyl (C=O) groups excluding carboxylic acids is 4. The van der Waals surface area contributed by atoms with E-state index in [0.717, 1.165) is 10.8 Å². The van der Waals surface area contributed by atoms with Crippen LogP contribution in [0, 0.1) is 11.8 Å². The molecule has 3 heterocycles. The van der Waals surface area contributed by atoms with E-state index < -0.39 is 53.6 Å². The van der Waals surface area contributed by atoms with E-state index >= 15 is 0 Å². The molecule has 262 valence electrons. The van der Waals surface area contributed by atoms with Gasteiger partial charge in [0.25, 0.3) is 5.91 Å². The van der Waals surface area contributed by atoms with Crippen LogP contribution < -0.4 is 10.2 Å². The lowest BCUT2D eigenvalue weighted by atomic mass is 9.70. The number of aliphatic hydroxyl groups is 1. The van der Waals surface area contributed by atoms with E-state index in [9.17, 15) is 24.3 Å². The van der Waals surface area contributed by atoms with Gasteiger partial charge in [0, 0.05) is 18.7 Å². The first-order chi connectivity index (χ1) is 24.3. The molecule has 0 aliphatic carbocycles. The third-order valence-corrected chi connectivity index (χ3v) is 10.4. The summed E-state index contributed by atoms with van der Waals surface area (Å²) in [6.07, 6.45) is 3.89. The maximum Gasteiger partial charge on any atom is 0.313 e. The van der Waals surface area contributed by atoms with Crippen molar-refractivity contribution in [2.75, 3.05) is 24.6 Å². The Balaban J connectivity index is 1.33. The molecule has 3 aliphatic heterocycles. The first kappa shape index (κ1) is 35.0. The number of aliphatic hydroxyl groups excluding tert-OH is 1. The molecule has 0 saturated carbocycles. The zero-order valence-electron chi connectivity index (χ0n) is 28.4. The third-order valence-electron chi connectivity index (χ3n) is 10.4. The van der Waals surface area contributed by atoms with Crippen LogP contribution in [0.1, 0.15) is 50.7 Å². The molecule has 10 heteroatoms. The van der Waals surface area contributed by atoms with Crippen molar-refractivity contribution in [3.63, 3.8) is 0 Å². The molecule has 2 N–H and O–H groups in total. The van der Waals surface area contributed by atoms with Crippen molar-refractivity contribution in [3.05, 3.63) is 104 Å². The Hall–Kier alpha value is -4.80. The lowest BCUT2D eigenvalue weighted by Gasteiger charge is -2.39. The van der Waals surface area contributed by atoms with Gasteiger partial charge in [0.05, 0.1) is 37.1 Å². The smallest absolute Gasteiger partial charge is 0.313 e. The number of hydrogen-bond acceptors (Lipinski definition) is 7. The second kappa shape index (κ2) is 15.0. The average Bonchev–Trinajstić information content (AvgIpc) is 3.79. The first-order valence-electron chi connectivity index (χ1n) is 17.4. The number of fused-ring (bicyclic) bond motifs is 2. The Morgan fingerprint density at radius 3 is 2.52 bits per heavy atom. The molecule has 0 radical (unpaired) electrons. The Labute approximate surface area is 292 Å². The molecule has 3 saturated heterocycles. The number of nitrogens with one attached hydrogen (secondary N) is 1. The van der Waals surface area contributed by atoms with Crippen LogP contribution in [-0.2, 0) is 28.7 Å². The van der Waals surface area contributed by atoms with Gasteiger partial charge in [-0.2, -0.15) is 0 Å². The molecule has 3 aliphatic rings. The summed E-state index contributed by atoms with van der Waals surface area (Å²) in [5, 5.41) is 15.3. The predicted molar refractivity (Wildman–Crippen MR) is 190 cm³/mol. The molecule has 3 aromatic carbocycles. The van der Waals surface area contributed by atoms with E-state index in [1.807, 2.05) is 79.7 Å². The lowest BCUT2D eigenvalue weighted by Crippen LogP contribution is -2.59. The van der Waals surface area contributed by atoms with Crippen molar-refractivity contribution < 1.29 is 33.8 Å². The van der Waals surface area contributed by atoms with Crippen LogP contribution in [0.2, 0.25) is 0 Å². The number of ether oxygens (including phenoxy) is 2. The molecule has 2 bridgehead atoms. The highest BCUT2D eigenvalue weighted by atomic mass is 16.6. The zero-order chi connectivity index (χ0) is 35.4. The number of amides is 3. The second-order valence-electron chi connectivity index (χ2n) is 13.3. The van der Waals surface area contributed by atoms with Crippen LogP contribution in [0.15, 0.2) is 98.1 Å². The molecule has 3 amide bonds. The molecule has 3 fully saturated rings. The van der Waals surface area contributed by atoms with Crippen molar-refractivity contribution in [2.45, 2.75) is 68.9 Å². The minimum absolute atomic E-state index is 0.0473. The number of nitrogens with zero attached hydrogens (tertiary/aromatic N) is 2. The SMILES string of the molecule is C=CCCC(=O)NC[C@@H](OC(=O)[C@@H]1[C@H]2C(=O)N([C@@H](CC)CO)[C@H](C(=O)N(CC=C)c3ccc4ccccc4c3)[C@]23CC[C@H]1O3)c1ccccc1. The van der Waals surface area contributed by atoms with Gasteiger partial charge in [-0.1, -0.05) is 79.7 Å². The summed E-state index contributed by atoms with van der Waals surface area (Å²) in [7, 11) is 0. The van der Waals surface area contributed by atoms with Gasteiger partial charge in [-0.25, -0.2) is 0 Å². The Kier molecular flexibility index (Phi) is 10.5. The third kappa shape index (κ3) is 6.33. The molecule has 0 aromatic heterocycles. The summed E-state index contributed by atoms with van der Waals surface area (Å²) >= 11 is 0. The number of benzene rings is 3. The quantitative estimate of drug-likeness (QED) is 0.174. The fourth-order valence-electron chi connectivity index (χ4n) is 8.03. The predicted octanol–water partition coefficient (Wildman–Crippen LogP) is 4.87. The fraction of sp³-hybridized carbons (Fsp3) is 0.400. The summed E-state index contributed by atoms with van der Waals surface area (Å²) in [5.41, 5.74) is 0.0443. The molecule has 0 unspecified atom stereocenters. The zero-order valence-corrected chi connectivity index (χ0v) is 28.4. The minimum atomic E-state index is -1.29. The van der Waals surface area contributed by atoms with E-state index in [1.165, 1.54) is 4.90 Å². The van der Waals surface area contributed by atoms with Gasteiger partial charge >= 0.3 is 5.97 Å². The molecular formula is C40H45N3O7. The Morgan fingerprint density at radius 1 is 1.08 bits per heavy atom. The summed E-state index contributed by atoms with van der Waals surface area (Å²) < 4.78 is 12.8. The highest BCUT2D eigenvalue weighted by Crippen LogP contribution is 2.59. The number of likely N-dealkylation sites (tertiary alicyclic amines) is 1. The summed E-state index contributed by atoms with van der Waals surface area (Å²) in [6, 6.07) is 21.0. The first-order valence-corrected chi connectivity index (χ1v) is 17.4. The van der Waals surface area contributed by atoms with E-state index in [0.29, 0.717) is 36.9 Å². The summed E-state index contributed by atoms with van der Waals surface area (Å²) in [5.74, 6) is -3.53. The number of rotatable bonds is 15. The van der Waals surface area contributed by atoms with Crippen molar-refractivity contribution >= 4 is 40.2 Å². The molecular weight excluding hydrogens is 634 g/mol. The molecule has 50 heavy (non-hydrogen) atoms. The molecule has 7 atom stereocenters. The summed E-state index contributed by atoms with van der Waals surface area (Å²) in [4.78, 5) is 59.3. The Bertz CT molecular complexity index is 1760. The van der Waals surface area contributed by atoms with Crippen LogP contribution in [0.3, 0.4) is 0 Å². The van der Waals surface area contributed by atoms with Gasteiger partial charge in [-0.05, 0) is 54.2 Å². The van der Waals surface area contributed by atoms with Crippen molar-refractivity contribution in [2.24, 2.45) is 11.8 Å². The Morgan fingerprint density at radius 2 is 1.82 bits per heavy atom. The van der Waals surface area contributed by atoms with Gasteiger partial charge in [0.1, 0.15) is 17.7 Å².